The van der Waals surface area contributed by atoms with E-state index in [4.69, 9.17) is 9.98 Å². The SMILES string of the molecule is C/C(=N\c1c(C)c(C)cc(C)c1C)c1sc(/C(C)=N/c2c(C)c(C)cc(C)c2C)c2ccccc12. The molecule has 0 saturated heterocycles. The van der Waals surface area contributed by atoms with Crippen LogP contribution in [-0.2, 0) is 0 Å². The van der Waals surface area contributed by atoms with Crippen LogP contribution in [0.15, 0.2) is 46.4 Å². The van der Waals surface area contributed by atoms with Crippen molar-refractivity contribution >= 4 is 44.9 Å². The van der Waals surface area contributed by atoms with Crippen molar-refractivity contribution in [2.45, 2.75) is 69.2 Å². The van der Waals surface area contributed by atoms with Crippen LogP contribution in [0.5, 0.6) is 0 Å². The van der Waals surface area contributed by atoms with Crippen LogP contribution in [0.1, 0.15) is 68.1 Å². The van der Waals surface area contributed by atoms with Crippen LogP contribution in [0.3, 0.4) is 0 Å². The van der Waals surface area contributed by atoms with E-state index in [9.17, 15) is 0 Å². The van der Waals surface area contributed by atoms with Crippen LogP contribution < -0.4 is 0 Å². The summed E-state index contributed by atoms with van der Waals surface area (Å²) in [7, 11) is 0. The highest BCUT2D eigenvalue weighted by atomic mass is 32.1. The zero-order valence-electron chi connectivity index (χ0n) is 22.8. The molecule has 0 radical (unpaired) electrons. The minimum atomic E-state index is 1.06. The zero-order valence-corrected chi connectivity index (χ0v) is 23.6. The lowest BCUT2D eigenvalue weighted by molar-refractivity contribution is 1.22. The Labute approximate surface area is 214 Å². The number of benzene rings is 3. The summed E-state index contributed by atoms with van der Waals surface area (Å²) in [6, 6.07) is 13.2. The second-order valence-electron chi connectivity index (χ2n) is 9.92. The fourth-order valence-corrected chi connectivity index (χ4v) is 5.96. The van der Waals surface area contributed by atoms with E-state index >= 15 is 0 Å². The smallest absolute Gasteiger partial charge is 0.0697 e. The molecule has 1 heterocycles. The van der Waals surface area contributed by atoms with Gasteiger partial charge >= 0.3 is 0 Å². The lowest BCUT2D eigenvalue weighted by atomic mass is 9.98. The molecule has 0 fully saturated rings. The van der Waals surface area contributed by atoms with Gasteiger partial charge in [0, 0.05) is 10.8 Å². The van der Waals surface area contributed by atoms with Crippen LogP contribution in [0.25, 0.3) is 10.8 Å². The molecule has 1 aromatic heterocycles. The maximum absolute atomic E-state index is 5.20. The molecule has 0 N–H and O–H groups in total. The number of rotatable bonds is 4. The van der Waals surface area contributed by atoms with Crippen molar-refractivity contribution in [2.75, 3.05) is 0 Å². The number of nitrogens with zero attached hydrogens (tertiary/aromatic N) is 2. The molecule has 0 spiro atoms. The van der Waals surface area contributed by atoms with E-state index in [0.717, 1.165) is 22.8 Å². The summed E-state index contributed by atoms with van der Waals surface area (Å²) < 4.78 is 0. The van der Waals surface area contributed by atoms with Gasteiger partial charge in [-0.3, -0.25) is 9.98 Å². The predicted molar refractivity (Wildman–Crippen MR) is 156 cm³/mol. The number of aryl methyl sites for hydroxylation is 4. The third-order valence-electron chi connectivity index (χ3n) is 7.49. The monoisotopic (exact) mass is 480 g/mol. The van der Waals surface area contributed by atoms with Gasteiger partial charge in [0.05, 0.1) is 32.6 Å². The van der Waals surface area contributed by atoms with Gasteiger partial charge in [0.2, 0.25) is 0 Å². The zero-order chi connectivity index (χ0) is 25.6. The van der Waals surface area contributed by atoms with Gasteiger partial charge in [-0.25, -0.2) is 0 Å². The third kappa shape index (κ3) is 4.50. The lowest BCUT2D eigenvalue weighted by Crippen LogP contribution is -1.96. The first kappa shape index (κ1) is 25.1. The van der Waals surface area contributed by atoms with Crippen molar-refractivity contribution in [1.29, 1.82) is 0 Å². The molecule has 4 rings (SSSR count). The highest BCUT2D eigenvalue weighted by molar-refractivity contribution is 7.18. The number of fused-ring (bicyclic) bond motifs is 1. The maximum Gasteiger partial charge on any atom is 0.0697 e. The molecule has 0 amide bonds. The fraction of sp³-hybridized carbons (Fsp3) is 0.312. The van der Waals surface area contributed by atoms with Gasteiger partial charge in [-0.15, -0.1) is 11.3 Å². The third-order valence-corrected chi connectivity index (χ3v) is 8.93. The summed E-state index contributed by atoms with van der Waals surface area (Å²) in [4.78, 5) is 12.8. The Hall–Kier alpha value is -3.04. The van der Waals surface area contributed by atoms with Crippen LogP contribution in [0.4, 0.5) is 11.4 Å². The molecule has 180 valence electrons. The quantitative estimate of drug-likeness (QED) is 0.260. The van der Waals surface area contributed by atoms with Crippen molar-refractivity contribution < 1.29 is 0 Å². The molecule has 0 aliphatic heterocycles. The highest BCUT2D eigenvalue weighted by Crippen LogP contribution is 2.37. The van der Waals surface area contributed by atoms with E-state index < -0.39 is 0 Å². The molecule has 2 nitrogen and oxygen atoms in total. The lowest BCUT2D eigenvalue weighted by Gasteiger charge is -2.12. The van der Waals surface area contributed by atoms with Gasteiger partial charge in [-0.1, -0.05) is 36.4 Å². The molecule has 35 heavy (non-hydrogen) atoms. The topological polar surface area (TPSA) is 24.7 Å². The van der Waals surface area contributed by atoms with Gasteiger partial charge in [0.25, 0.3) is 0 Å². The number of hydrogen-bond acceptors (Lipinski definition) is 3. The van der Waals surface area contributed by atoms with Crippen LogP contribution in [-0.4, -0.2) is 11.4 Å². The standard InChI is InChI=1S/C32H36N2S/c1-17-15-18(2)22(6)29(21(17)5)33-25(9)31-27-13-11-12-14-28(27)32(35-31)26(10)34-30-23(7)19(3)16-20(4)24(30)8/h11-16H,1-10H3/b33-25+,34-26+. The van der Waals surface area contributed by atoms with Crippen molar-refractivity contribution in [1.82, 2.24) is 0 Å². The molecular formula is C32H36N2S. The number of aliphatic imine (C=N–C) groups is 2. The minimum absolute atomic E-state index is 1.06. The largest absolute Gasteiger partial charge is 0.252 e. The van der Waals surface area contributed by atoms with E-state index in [2.05, 4.69) is 106 Å². The van der Waals surface area contributed by atoms with E-state index in [-0.39, 0.29) is 0 Å². The van der Waals surface area contributed by atoms with E-state index in [1.807, 2.05) is 0 Å². The summed E-state index contributed by atoms with van der Waals surface area (Å²) >= 11 is 1.81. The maximum atomic E-state index is 5.20. The molecule has 0 atom stereocenters. The Bertz CT molecular complexity index is 1360. The van der Waals surface area contributed by atoms with E-state index in [0.29, 0.717) is 0 Å². The van der Waals surface area contributed by atoms with Crippen LogP contribution in [0, 0.1) is 55.4 Å². The summed E-state index contributed by atoms with van der Waals surface area (Å²) in [5.41, 5.74) is 14.5. The van der Waals surface area contributed by atoms with Gasteiger partial charge in [-0.2, -0.15) is 0 Å². The number of hydrogen-bond donors (Lipinski definition) is 0. The Balaban J connectivity index is 1.90. The van der Waals surface area contributed by atoms with Crippen molar-refractivity contribution in [3.63, 3.8) is 0 Å². The number of thiophene rings is 1. The average molecular weight is 481 g/mol. The van der Waals surface area contributed by atoms with Crippen molar-refractivity contribution in [2.24, 2.45) is 9.98 Å². The van der Waals surface area contributed by atoms with Gasteiger partial charge in [0.15, 0.2) is 0 Å². The Morgan fingerprint density at radius 1 is 0.543 bits per heavy atom. The second-order valence-corrected chi connectivity index (χ2v) is 10.9. The van der Waals surface area contributed by atoms with Gasteiger partial charge < -0.3 is 0 Å². The molecule has 0 saturated carbocycles. The van der Waals surface area contributed by atoms with Crippen molar-refractivity contribution in [3.05, 3.63) is 90.7 Å². The highest BCUT2D eigenvalue weighted by Gasteiger charge is 2.17. The molecule has 0 aliphatic rings. The predicted octanol–water partition coefficient (Wildman–Crippen LogP) is 9.65. The molecular weight excluding hydrogens is 444 g/mol. The van der Waals surface area contributed by atoms with Gasteiger partial charge in [0.1, 0.15) is 0 Å². The van der Waals surface area contributed by atoms with Crippen LogP contribution in [0.2, 0.25) is 0 Å². The Kier molecular flexibility index (Phi) is 6.83. The first-order chi connectivity index (χ1) is 16.5. The molecule has 0 bridgehead atoms. The van der Waals surface area contributed by atoms with E-state index in [1.165, 1.54) is 65.0 Å². The fourth-order valence-electron chi connectivity index (χ4n) is 4.79. The van der Waals surface area contributed by atoms with Crippen molar-refractivity contribution in [3.8, 4) is 0 Å². The first-order valence-electron chi connectivity index (χ1n) is 12.3. The minimum Gasteiger partial charge on any atom is -0.252 e. The first-order valence-corrected chi connectivity index (χ1v) is 13.1. The Morgan fingerprint density at radius 2 is 0.857 bits per heavy atom. The molecule has 3 heteroatoms. The average Bonchev–Trinajstić information content (AvgIpc) is 3.22. The molecule has 3 aromatic carbocycles. The summed E-state index contributed by atoms with van der Waals surface area (Å²) in [5.74, 6) is 0. The molecule has 0 aliphatic carbocycles. The summed E-state index contributed by atoms with van der Waals surface area (Å²) in [6.45, 7) is 21.7. The second kappa shape index (κ2) is 9.54. The Morgan fingerprint density at radius 3 is 1.17 bits per heavy atom. The summed E-state index contributed by atoms with van der Waals surface area (Å²) in [6.07, 6.45) is 0. The van der Waals surface area contributed by atoms with Gasteiger partial charge in [-0.05, 0) is 114 Å². The molecule has 4 aromatic rings. The normalized spacial score (nSPS) is 12.6. The van der Waals surface area contributed by atoms with E-state index in [1.54, 1.807) is 11.3 Å². The molecule has 0 unspecified atom stereocenters. The summed E-state index contributed by atoms with van der Waals surface area (Å²) in [5, 5.41) is 2.49. The van der Waals surface area contributed by atoms with Crippen LogP contribution >= 0.6 is 11.3 Å².